The van der Waals surface area contributed by atoms with Crippen LogP contribution in [0.1, 0.15) is 0 Å². The van der Waals surface area contributed by atoms with Gasteiger partial charge in [0.25, 0.3) is 0 Å². The number of nitrogens with zero attached hydrogens (tertiary/aromatic N) is 4. The molecule has 0 aliphatic heterocycles. The molecule has 0 saturated carbocycles. The summed E-state index contributed by atoms with van der Waals surface area (Å²) in [4.78, 5) is 12.6. The monoisotopic (exact) mass is 238 g/mol. The van der Waals surface area contributed by atoms with Gasteiger partial charge in [-0.3, -0.25) is 5.10 Å². The second-order valence-corrected chi connectivity index (χ2v) is 3.69. The highest BCUT2D eigenvalue weighted by Gasteiger charge is 2.10. The summed E-state index contributed by atoms with van der Waals surface area (Å²) in [6.45, 7) is 0. The van der Waals surface area contributed by atoms with Crippen molar-refractivity contribution in [2.45, 2.75) is 0 Å². The van der Waals surface area contributed by atoms with Crippen LogP contribution in [0, 0.1) is 0 Å². The number of rotatable bonds is 2. The van der Waals surface area contributed by atoms with Crippen LogP contribution in [0.15, 0.2) is 42.9 Å². The molecule has 6 heteroatoms. The Morgan fingerprint density at radius 3 is 2.61 bits per heavy atom. The second kappa shape index (κ2) is 4.25. The predicted octanol–water partition coefficient (Wildman–Crippen LogP) is 1.51. The fourth-order valence-corrected chi connectivity index (χ4v) is 1.64. The fraction of sp³-hybridized carbons (Fsp3) is 0. The number of nitrogens with one attached hydrogen (secondary N) is 1. The van der Waals surface area contributed by atoms with Crippen LogP contribution < -0.4 is 5.73 Å². The van der Waals surface area contributed by atoms with Gasteiger partial charge in [-0.05, 0) is 0 Å². The van der Waals surface area contributed by atoms with Gasteiger partial charge in [-0.2, -0.15) is 5.10 Å². The van der Waals surface area contributed by atoms with Gasteiger partial charge in [0, 0.05) is 5.56 Å². The maximum Gasteiger partial charge on any atom is 0.177 e. The standard InChI is InChI=1S/C12H10N6/c13-11-10(12-15-7-16-18-12)17-9(6-14-11)8-4-2-1-3-5-8/h1-7H,(H2,13,14)(H,15,16,18). The number of anilines is 1. The van der Waals surface area contributed by atoms with Gasteiger partial charge in [0.2, 0.25) is 0 Å². The van der Waals surface area contributed by atoms with Gasteiger partial charge in [-0.25, -0.2) is 15.0 Å². The summed E-state index contributed by atoms with van der Waals surface area (Å²) in [6, 6.07) is 9.77. The van der Waals surface area contributed by atoms with Crippen LogP contribution >= 0.6 is 0 Å². The highest BCUT2D eigenvalue weighted by atomic mass is 15.2. The lowest BCUT2D eigenvalue weighted by Crippen LogP contribution is -1.99. The van der Waals surface area contributed by atoms with Crippen LogP contribution in [0.5, 0.6) is 0 Å². The van der Waals surface area contributed by atoms with Crippen molar-refractivity contribution in [3.05, 3.63) is 42.9 Å². The van der Waals surface area contributed by atoms with Gasteiger partial charge in [0.1, 0.15) is 12.0 Å². The van der Waals surface area contributed by atoms with E-state index in [4.69, 9.17) is 5.73 Å². The molecule has 0 fully saturated rings. The molecule has 0 spiro atoms. The largest absolute Gasteiger partial charge is 0.382 e. The first kappa shape index (κ1) is 10.4. The van der Waals surface area contributed by atoms with Gasteiger partial charge in [0.15, 0.2) is 11.6 Å². The van der Waals surface area contributed by atoms with E-state index in [1.165, 1.54) is 6.33 Å². The summed E-state index contributed by atoms with van der Waals surface area (Å²) >= 11 is 0. The molecule has 0 radical (unpaired) electrons. The Morgan fingerprint density at radius 2 is 1.89 bits per heavy atom. The number of aromatic amines is 1. The lowest BCUT2D eigenvalue weighted by Gasteiger charge is -2.04. The first-order valence-electron chi connectivity index (χ1n) is 5.38. The summed E-state index contributed by atoms with van der Waals surface area (Å²) in [6.07, 6.45) is 3.05. The van der Waals surface area contributed by atoms with Gasteiger partial charge in [0.05, 0.1) is 11.9 Å². The third kappa shape index (κ3) is 1.80. The molecule has 0 bridgehead atoms. The van der Waals surface area contributed by atoms with Crippen molar-refractivity contribution in [2.24, 2.45) is 0 Å². The second-order valence-electron chi connectivity index (χ2n) is 3.69. The van der Waals surface area contributed by atoms with E-state index in [1.54, 1.807) is 6.20 Å². The zero-order chi connectivity index (χ0) is 12.4. The highest BCUT2D eigenvalue weighted by molar-refractivity contribution is 5.68. The molecular weight excluding hydrogens is 228 g/mol. The van der Waals surface area contributed by atoms with Gasteiger partial charge >= 0.3 is 0 Å². The summed E-state index contributed by atoms with van der Waals surface area (Å²) in [5.74, 6) is 0.837. The fourth-order valence-electron chi connectivity index (χ4n) is 1.64. The molecule has 18 heavy (non-hydrogen) atoms. The first-order chi connectivity index (χ1) is 8.84. The molecule has 0 saturated heterocycles. The average Bonchev–Trinajstić information content (AvgIpc) is 2.94. The summed E-state index contributed by atoms with van der Waals surface area (Å²) in [5, 5.41) is 6.51. The smallest absolute Gasteiger partial charge is 0.177 e. The van der Waals surface area contributed by atoms with Gasteiger partial charge < -0.3 is 5.73 Å². The van der Waals surface area contributed by atoms with E-state index in [0.29, 0.717) is 17.3 Å². The van der Waals surface area contributed by atoms with Gasteiger partial charge in [-0.15, -0.1) is 0 Å². The third-order valence-electron chi connectivity index (χ3n) is 2.51. The van der Waals surface area contributed by atoms with E-state index < -0.39 is 0 Å². The quantitative estimate of drug-likeness (QED) is 0.705. The minimum Gasteiger partial charge on any atom is -0.382 e. The molecule has 2 heterocycles. The minimum atomic E-state index is 0.325. The molecule has 1 aromatic carbocycles. The molecule has 0 aliphatic rings. The third-order valence-corrected chi connectivity index (χ3v) is 2.51. The van der Waals surface area contributed by atoms with Crippen LogP contribution in [-0.4, -0.2) is 25.1 Å². The van der Waals surface area contributed by atoms with E-state index in [1.807, 2.05) is 30.3 Å². The maximum atomic E-state index is 5.80. The molecule has 0 amide bonds. The molecule has 3 N–H and O–H groups in total. The number of nitrogens with two attached hydrogens (primary N) is 1. The van der Waals surface area contributed by atoms with Gasteiger partial charge in [-0.1, -0.05) is 30.3 Å². The van der Waals surface area contributed by atoms with E-state index in [9.17, 15) is 0 Å². The number of nitrogen functional groups attached to an aromatic ring is 1. The lowest BCUT2D eigenvalue weighted by atomic mass is 10.1. The van der Waals surface area contributed by atoms with Crippen LogP contribution in [0.3, 0.4) is 0 Å². The van der Waals surface area contributed by atoms with Crippen LogP contribution in [0.2, 0.25) is 0 Å². The normalized spacial score (nSPS) is 10.4. The molecule has 0 aliphatic carbocycles. The number of hydrogen-bond acceptors (Lipinski definition) is 5. The van der Waals surface area contributed by atoms with Crippen LogP contribution in [0.25, 0.3) is 22.8 Å². The zero-order valence-electron chi connectivity index (χ0n) is 9.41. The molecule has 2 aromatic heterocycles. The van der Waals surface area contributed by atoms with Crippen LogP contribution in [0.4, 0.5) is 5.82 Å². The van der Waals surface area contributed by atoms with Crippen molar-refractivity contribution in [1.82, 2.24) is 25.1 Å². The SMILES string of the molecule is Nc1ncc(-c2ccccc2)nc1-c1ncn[nH]1. The molecule has 3 rings (SSSR count). The molecule has 88 valence electrons. The van der Waals surface area contributed by atoms with Crippen LogP contribution in [-0.2, 0) is 0 Å². The van der Waals surface area contributed by atoms with Crippen molar-refractivity contribution in [1.29, 1.82) is 0 Å². The molecule has 0 unspecified atom stereocenters. The van der Waals surface area contributed by atoms with Crippen molar-refractivity contribution < 1.29 is 0 Å². The Hall–Kier alpha value is -2.76. The number of hydrogen-bond donors (Lipinski definition) is 2. The lowest BCUT2D eigenvalue weighted by molar-refractivity contribution is 1.08. The van der Waals surface area contributed by atoms with E-state index in [-0.39, 0.29) is 0 Å². The molecular formula is C12H10N6. The van der Waals surface area contributed by atoms with Crippen molar-refractivity contribution >= 4 is 5.82 Å². The van der Waals surface area contributed by atoms with Crippen molar-refractivity contribution in [2.75, 3.05) is 5.73 Å². The molecule has 3 aromatic rings. The highest BCUT2D eigenvalue weighted by Crippen LogP contribution is 2.22. The van der Waals surface area contributed by atoms with E-state index >= 15 is 0 Å². The average molecular weight is 238 g/mol. The minimum absolute atomic E-state index is 0.325. The predicted molar refractivity (Wildman–Crippen MR) is 67.3 cm³/mol. The Labute approximate surface area is 103 Å². The van der Waals surface area contributed by atoms with E-state index in [0.717, 1.165) is 11.3 Å². The molecule has 0 atom stereocenters. The Bertz CT molecular complexity index is 648. The Kier molecular flexibility index (Phi) is 2.45. The Balaban J connectivity index is 2.12. The Morgan fingerprint density at radius 1 is 1.06 bits per heavy atom. The maximum absolute atomic E-state index is 5.80. The van der Waals surface area contributed by atoms with Crippen molar-refractivity contribution in [3.63, 3.8) is 0 Å². The summed E-state index contributed by atoms with van der Waals surface area (Å²) < 4.78 is 0. The number of benzene rings is 1. The number of H-pyrrole nitrogens is 1. The van der Waals surface area contributed by atoms with E-state index in [2.05, 4.69) is 25.1 Å². The summed E-state index contributed by atoms with van der Waals surface area (Å²) in [5.41, 5.74) is 8.03. The first-order valence-corrected chi connectivity index (χ1v) is 5.38. The number of aromatic nitrogens is 5. The summed E-state index contributed by atoms with van der Waals surface area (Å²) in [7, 11) is 0. The van der Waals surface area contributed by atoms with Crippen molar-refractivity contribution in [3.8, 4) is 22.8 Å². The molecule has 6 nitrogen and oxygen atoms in total. The topological polar surface area (TPSA) is 93.4 Å². The zero-order valence-corrected chi connectivity index (χ0v) is 9.41.